The first-order valence-electron chi connectivity index (χ1n) is 6.01. The number of hydrogen-bond acceptors (Lipinski definition) is 2. The van der Waals surface area contributed by atoms with Crippen LogP contribution in [0.3, 0.4) is 0 Å². The van der Waals surface area contributed by atoms with Crippen LogP contribution in [-0.4, -0.2) is 29.1 Å². The van der Waals surface area contributed by atoms with Gasteiger partial charge in [-0.25, -0.2) is 0 Å². The van der Waals surface area contributed by atoms with Gasteiger partial charge in [-0.2, -0.15) is 13.2 Å². The van der Waals surface area contributed by atoms with Crippen LogP contribution in [0.15, 0.2) is 18.3 Å². The van der Waals surface area contributed by atoms with E-state index < -0.39 is 11.6 Å². The van der Waals surface area contributed by atoms with Crippen LogP contribution in [0.2, 0.25) is 0 Å². The van der Waals surface area contributed by atoms with Crippen LogP contribution in [0.5, 0.6) is 0 Å². The molecule has 100 valence electrons. The predicted molar refractivity (Wildman–Crippen MR) is 63.0 cm³/mol. The number of rotatable bonds is 2. The van der Waals surface area contributed by atoms with Gasteiger partial charge in [-0.05, 0) is 44.5 Å². The molecule has 0 amide bonds. The van der Waals surface area contributed by atoms with Crippen LogP contribution in [0.1, 0.15) is 24.6 Å². The maximum absolute atomic E-state index is 12.9. The van der Waals surface area contributed by atoms with Crippen LogP contribution in [0.25, 0.3) is 0 Å². The van der Waals surface area contributed by atoms with Gasteiger partial charge in [0.1, 0.15) is 0 Å². The highest BCUT2D eigenvalue weighted by Crippen LogP contribution is 2.45. The molecule has 1 unspecified atom stereocenters. The van der Waals surface area contributed by atoms with Gasteiger partial charge >= 0.3 is 6.18 Å². The molecule has 0 spiro atoms. The zero-order valence-corrected chi connectivity index (χ0v) is 10.6. The van der Waals surface area contributed by atoms with E-state index >= 15 is 0 Å². The minimum Gasteiger partial charge on any atom is -0.297 e. The number of nitrogens with zero attached hydrogens (tertiary/aromatic N) is 2. The lowest BCUT2D eigenvalue weighted by atomic mass is 9.89. The Balaban J connectivity index is 2.02. The van der Waals surface area contributed by atoms with E-state index in [4.69, 9.17) is 0 Å². The Bertz CT molecular complexity index is 430. The van der Waals surface area contributed by atoms with Gasteiger partial charge in [0, 0.05) is 19.3 Å². The molecule has 0 saturated carbocycles. The van der Waals surface area contributed by atoms with Crippen LogP contribution >= 0.6 is 0 Å². The quantitative estimate of drug-likeness (QED) is 0.810. The third-order valence-electron chi connectivity index (χ3n) is 3.59. The summed E-state index contributed by atoms with van der Waals surface area (Å²) in [6.07, 6.45) is -2.26. The van der Waals surface area contributed by atoms with Crippen molar-refractivity contribution in [1.29, 1.82) is 0 Å². The molecule has 2 nitrogen and oxygen atoms in total. The first-order valence-corrected chi connectivity index (χ1v) is 6.01. The van der Waals surface area contributed by atoms with E-state index in [1.54, 1.807) is 6.20 Å². The van der Waals surface area contributed by atoms with Crippen LogP contribution < -0.4 is 0 Å². The van der Waals surface area contributed by atoms with Gasteiger partial charge in [-0.3, -0.25) is 9.88 Å². The van der Waals surface area contributed by atoms with Crippen molar-refractivity contribution in [3.05, 3.63) is 29.6 Å². The minimum absolute atomic E-state index is 0.0616. The average Bonchev–Trinajstić information content (AvgIpc) is 2.60. The number of aryl methyl sites for hydroxylation is 1. The Morgan fingerprint density at radius 3 is 2.72 bits per heavy atom. The Hall–Kier alpha value is -1.10. The van der Waals surface area contributed by atoms with E-state index in [0.29, 0.717) is 13.1 Å². The summed E-state index contributed by atoms with van der Waals surface area (Å²) < 4.78 is 38.6. The number of pyridine rings is 1. The van der Waals surface area contributed by atoms with Gasteiger partial charge < -0.3 is 0 Å². The number of hydrogen-bond donors (Lipinski definition) is 0. The largest absolute Gasteiger partial charge is 0.395 e. The van der Waals surface area contributed by atoms with Crippen LogP contribution in [0, 0.1) is 12.3 Å². The van der Waals surface area contributed by atoms with Gasteiger partial charge in [0.2, 0.25) is 0 Å². The van der Waals surface area contributed by atoms with Gasteiger partial charge in [0.25, 0.3) is 0 Å². The Labute approximate surface area is 105 Å². The fourth-order valence-electron chi connectivity index (χ4n) is 2.34. The van der Waals surface area contributed by atoms with Crippen molar-refractivity contribution < 1.29 is 13.2 Å². The number of alkyl halides is 3. The monoisotopic (exact) mass is 258 g/mol. The molecule has 0 N–H and O–H groups in total. The van der Waals surface area contributed by atoms with Gasteiger partial charge in [0.05, 0.1) is 11.1 Å². The smallest absolute Gasteiger partial charge is 0.297 e. The summed E-state index contributed by atoms with van der Waals surface area (Å²) >= 11 is 0. The number of halogens is 3. The molecular weight excluding hydrogens is 241 g/mol. The fraction of sp³-hybridized carbons (Fsp3) is 0.615. The molecule has 2 rings (SSSR count). The SMILES string of the molecule is Cc1ccnc(CN2CCC(C)(C(F)(F)F)C2)c1. The maximum atomic E-state index is 12.9. The molecule has 0 aliphatic carbocycles. The Morgan fingerprint density at radius 2 is 2.17 bits per heavy atom. The fourth-order valence-corrected chi connectivity index (χ4v) is 2.34. The Kier molecular flexibility index (Phi) is 3.36. The van der Waals surface area contributed by atoms with E-state index in [2.05, 4.69) is 4.98 Å². The first kappa shape index (κ1) is 13.3. The van der Waals surface area contributed by atoms with Gasteiger partial charge in [0.15, 0.2) is 0 Å². The molecular formula is C13H17F3N2. The number of aromatic nitrogens is 1. The van der Waals surface area contributed by atoms with E-state index in [0.717, 1.165) is 11.3 Å². The van der Waals surface area contributed by atoms with Crippen molar-refractivity contribution in [3.63, 3.8) is 0 Å². The molecule has 1 aliphatic heterocycles. The average molecular weight is 258 g/mol. The standard InChI is InChI=1S/C13H17F3N2/c1-10-3-5-17-11(7-10)8-18-6-4-12(2,9-18)13(14,15)16/h3,5,7H,4,6,8-9H2,1-2H3. The Morgan fingerprint density at radius 1 is 1.44 bits per heavy atom. The lowest BCUT2D eigenvalue weighted by Crippen LogP contribution is -2.37. The third kappa shape index (κ3) is 2.66. The molecule has 1 aromatic heterocycles. The summed E-state index contributed by atoms with van der Waals surface area (Å²) in [4.78, 5) is 6.02. The maximum Gasteiger partial charge on any atom is 0.395 e. The van der Waals surface area contributed by atoms with Crippen molar-refractivity contribution in [1.82, 2.24) is 9.88 Å². The molecule has 1 aromatic rings. The molecule has 1 saturated heterocycles. The molecule has 5 heteroatoms. The molecule has 0 bridgehead atoms. The molecule has 1 atom stereocenters. The molecule has 18 heavy (non-hydrogen) atoms. The van der Waals surface area contributed by atoms with Crippen molar-refractivity contribution >= 4 is 0 Å². The molecule has 1 fully saturated rings. The summed E-state index contributed by atoms with van der Waals surface area (Å²) in [5.41, 5.74) is 0.343. The zero-order valence-electron chi connectivity index (χ0n) is 10.6. The molecule has 1 aliphatic rings. The summed E-state index contributed by atoms with van der Waals surface area (Å²) in [5.74, 6) is 0. The van der Waals surface area contributed by atoms with Crippen molar-refractivity contribution in [2.75, 3.05) is 13.1 Å². The van der Waals surface area contributed by atoms with Crippen molar-refractivity contribution in [3.8, 4) is 0 Å². The van der Waals surface area contributed by atoms with Crippen LogP contribution in [-0.2, 0) is 6.54 Å². The van der Waals surface area contributed by atoms with Crippen molar-refractivity contribution in [2.45, 2.75) is 33.0 Å². The molecule has 2 heterocycles. The molecule has 0 aromatic carbocycles. The number of likely N-dealkylation sites (tertiary alicyclic amines) is 1. The predicted octanol–water partition coefficient (Wildman–Crippen LogP) is 3.16. The van der Waals surface area contributed by atoms with Crippen LogP contribution in [0.4, 0.5) is 13.2 Å². The highest BCUT2D eigenvalue weighted by Gasteiger charge is 2.54. The second kappa shape index (κ2) is 4.53. The van der Waals surface area contributed by atoms with E-state index in [-0.39, 0.29) is 13.0 Å². The third-order valence-corrected chi connectivity index (χ3v) is 3.59. The summed E-state index contributed by atoms with van der Waals surface area (Å²) in [7, 11) is 0. The van der Waals surface area contributed by atoms with E-state index in [9.17, 15) is 13.2 Å². The highest BCUT2D eigenvalue weighted by atomic mass is 19.4. The lowest BCUT2D eigenvalue weighted by Gasteiger charge is -2.27. The van der Waals surface area contributed by atoms with E-state index in [1.807, 2.05) is 24.0 Å². The second-order valence-corrected chi connectivity index (χ2v) is 5.34. The second-order valence-electron chi connectivity index (χ2n) is 5.34. The molecule has 0 radical (unpaired) electrons. The summed E-state index contributed by atoms with van der Waals surface area (Å²) in [6.45, 7) is 4.29. The zero-order chi connectivity index (χ0) is 13.4. The van der Waals surface area contributed by atoms with Gasteiger partial charge in [-0.15, -0.1) is 0 Å². The lowest BCUT2D eigenvalue weighted by molar-refractivity contribution is -0.212. The minimum atomic E-state index is -4.12. The topological polar surface area (TPSA) is 16.1 Å². The normalized spacial score (nSPS) is 25.6. The van der Waals surface area contributed by atoms with E-state index in [1.165, 1.54) is 6.92 Å². The highest BCUT2D eigenvalue weighted by molar-refractivity contribution is 5.14. The summed E-state index contributed by atoms with van der Waals surface area (Å²) in [6, 6.07) is 3.80. The first-order chi connectivity index (χ1) is 8.30. The summed E-state index contributed by atoms with van der Waals surface area (Å²) in [5, 5.41) is 0. The van der Waals surface area contributed by atoms with Crippen molar-refractivity contribution in [2.24, 2.45) is 5.41 Å². The van der Waals surface area contributed by atoms with Gasteiger partial charge in [-0.1, -0.05) is 0 Å².